The van der Waals surface area contributed by atoms with Crippen molar-refractivity contribution in [3.63, 3.8) is 0 Å². The van der Waals surface area contributed by atoms with Crippen LogP contribution in [0.1, 0.15) is 25.8 Å². The van der Waals surface area contributed by atoms with Gasteiger partial charge in [-0.3, -0.25) is 4.98 Å². The van der Waals surface area contributed by atoms with Crippen LogP contribution in [0.15, 0.2) is 18.5 Å². The van der Waals surface area contributed by atoms with Gasteiger partial charge < -0.3 is 9.84 Å². The first-order valence-electron chi connectivity index (χ1n) is 4.90. The Bertz CT molecular complexity index is 274. The molecule has 1 heterocycles. The Hall–Kier alpha value is -1.09. The van der Waals surface area contributed by atoms with Gasteiger partial charge in [0.15, 0.2) is 0 Å². The normalized spacial score (nSPS) is 10.6. The largest absolute Gasteiger partial charge is 0.492 e. The number of hydrogen-bond donors (Lipinski definition) is 1. The van der Waals surface area contributed by atoms with Crippen LogP contribution in [-0.2, 0) is 6.61 Å². The molecule has 0 aliphatic heterocycles. The van der Waals surface area contributed by atoms with E-state index in [0.717, 1.165) is 12.0 Å². The van der Waals surface area contributed by atoms with Crippen LogP contribution in [0.5, 0.6) is 5.75 Å². The van der Waals surface area contributed by atoms with Gasteiger partial charge in [-0.25, -0.2) is 0 Å². The smallest absolute Gasteiger partial charge is 0.143 e. The van der Waals surface area contributed by atoms with Gasteiger partial charge in [-0.1, -0.05) is 13.8 Å². The summed E-state index contributed by atoms with van der Waals surface area (Å²) in [4.78, 5) is 3.95. The summed E-state index contributed by atoms with van der Waals surface area (Å²) in [5, 5.41) is 9.02. The van der Waals surface area contributed by atoms with Gasteiger partial charge in [-0.05, 0) is 18.4 Å². The minimum Gasteiger partial charge on any atom is -0.492 e. The van der Waals surface area contributed by atoms with Crippen molar-refractivity contribution in [2.75, 3.05) is 6.61 Å². The molecule has 0 saturated heterocycles. The molecule has 0 saturated carbocycles. The van der Waals surface area contributed by atoms with Gasteiger partial charge in [0.25, 0.3) is 0 Å². The number of aliphatic hydroxyl groups is 1. The van der Waals surface area contributed by atoms with Crippen molar-refractivity contribution in [1.82, 2.24) is 4.98 Å². The zero-order chi connectivity index (χ0) is 10.4. The molecule has 1 rings (SSSR count). The Balaban J connectivity index is 2.49. The van der Waals surface area contributed by atoms with Crippen LogP contribution in [0.4, 0.5) is 0 Å². The first kappa shape index (κ1) is 11.0. The van der Waals surface area contributed by atoms with Crippen LogP contribution in [0.3, 0.4) is 0 Å². The van der Waals surface area contributed by atoms with Gasteiger partial charge >= 0.3 is 0 Å². The van der Waals surface area contributed by atoms with Crippen molar-refractivity contribution in [3.05, 3.63) is 24.0 Å². The zero-order valence-electron chi connectivity index (χ0n) is 8.73. The lowest BCUT2D eigenvalue weighted by Crippen LogP contribution is -2.03. The van der Waals surface area contributed by atoms with Gasteiger partial charge in [-0.2, -0.15) is 0 Å². The van der Waals surface area contributed by atoms with E-state index in [4.69, 9.17) is 9.84 Å². The summed E-state index contributed by atoms with van der Waals surface area (Å²) in [5.41, 5.74) is 0.795. The van der Waals surface area contributed by atoms with Crippen molar-refractivity contribution in [1.29, 1.82) is 0 Å². The Kier molecular flexibility index (Phi) is 4.40. The number of ether oxygens (including phenoxy) is 1. The van der Waals surface area contributed by atoms with Crippen LogP contribution >= 0.6 is 0 Å². The summed E-state index contributed by atoms with van der Waals surface area (Å²) >= 11 is 0. The first-order valence-corrected chi connectivity index (χ1v) is 4.90. The summed E-state index contributed by atoms with van der Waals surface area (Å²) in [6, 6.07) is 1.77. The minimum atomic E-state index is -0.000464. The fourth-order valence-electron chi connectivity index (χ4n) is 1.07. The molecule has 0 radical (unpaired) electrons. The third-order valence-corrected chi connectivity index (χ3v) is 1.99. The van der Waals surface area contributed by atoms with E-state index >= 15 is 0 Å². The fraction of sp³-hybridized carbons (Fsp3) is 0.545. The number of aromatic nitrogens is 1. The first-order chi connectivity index (χ1) is 6.74. The van der Waals surface area contributed by atoms with Gasteiger partial charge in [0, 0.05) is 11.8 Å². The molecule has 1 N–H and O–H groups in total. The molecule has 3 nitrogen and oxygen atoms in total. The molecular formula is C11H17NO2. The molecule has 14 heavy (non-hydrogen) atoms. The number of hydrogen-bond acceptors (Lipinski definition) is 3. The lowest BCUT2D eigenvalue weighted by atomic mass is 10.1. The van der Waals surface area contributed by atoms with Crippen molar-refractivity contribution in [3.8, 4) is 5.75 Å². The highest BCUT2D eigenvalue weighted by Gasteiger charge is 2.02. The fourth-order valence-corrected chi connectivity index (χ4v) is 1.07. The second-order valence-electron chi connectivity index (χ2n) is 3.67. The van der Waals surface area contributed by atoms with Crippen LogP contribution < -0.4 is 4.74 Å². The average molecular weight is 195 g/mol. The maximum atomic E-state index is 9.02. The summed E-state index contributed by atoms with van der Waals surface area (Å²) in [6.07, 6.45) is 4.31. The molecule has 0 aliphatic rings. The molecule has 0 aromatic carbocycles. The van der Waals surface area contributed by atoms with Gasteiger partial charge in [0.05, 0.1) is 19.4 Å². The predicted molar refractivity (Wildman–Crippen MR) is 55.1 cm³/mol. The number of nitrogens with zero attached hydrogens (tertiary/aromatic N) is 1. The molecular weight excluding hydrogens is 178 g/mol. The van der Waals surface area contributed by atoms with Crippen molar-refractivity contribution in [2.45, 2.75) is 26.9 Å². The number of rotatable bonds is 5. The highest BCUT2D eigenvalue weighted by molar-refractivity contribution is 5.28. The van der Waals surface area contributed by atoms with Gasteiger partial charge in [-0.15, -0.1) is 0 Å². The monoisotopic (exact) mass is 195 g/mol. The number of pyridine rings is 1. The topological polar surface area (TPSA) is 42.4 Å². The van der Waals surface area contributed by atoms with Crippen molar-refractivity contribution >= 4 is 0 Å². The Morgan fingerprint density at radius 3 is 2.93 bits per heavy atom. The van der Waals surface area contributed by atoms with E-state index in [-0.39, 0.29) is 6.61 Å². The van der Waals surface area contributed by atoms with Gasteiger partial charge in [0.2, 0.25) is 0 Å². The highest BCUT2D eigenvalue weighted by atomic mass is 16.5. The predicted octanol–water partition coefficient (Wildman–Crippen LogP) is 2.00. The maximum Gasteiger partial charge on any atom is 0.143 e. The van der Waals surface area contributed by atoms with E-state index in [9.17, 15) is 0 Å². The second-order valence-corrected chi connectivity index (χ2v) is 3.67. The maximum absolute atomic E-state index is 9.02. The molecule has 1 aromatic rings. The SMILES string of the molecule is CC(C)CCOc1cnccc1CO. The molecule has 0 bridgehead atoms. The van der Waals surface area contributed by atoms with E-state index < -0.39 is 0 Å². The Morgan fingerprint density at radius 1 is 1.50 bits per heavy atom. The lowest BCUT2D eigenvalue weighted by Gasteiger charge is -2.10. The van der Waals surface area contributed by atoms with E-state index in [1.54, 1.807) is 18.5 Å². The molecule has 0 aliphatic carbocycles. The third kappa shape index (κ3) is 3.34. The molecule has 0 fully saturated rings. The quantitative estimate of drug-likeness (QED) is 0.781. The zero-order valence-corrected chi connectivity index (χ0v) is 8.73. The van der Waals surface area contributed by atoms with E-state index in [1.807, 2.05) is 0 Å². The summed E-state index contributed by atoms with van der Waals surface area (Å²) in [7, 11) is 0. The second kappa shape index (κ2) is 5.60. The molecule has 3 heteroatoms. The molecule has 0 unspecified atom stereocenters. The standard InChI is InChI=1S/C11H17NO2/c1-9(2)4-6-14-11-7-12-5-3-10(11)8-13/h3,5,7,9,13H,4,6,8H2,1-2H3. The minimum absolute atomic E-state index is 0.000464. The van der Waals surface area contributed by atoms with Crippen LogP contribution in [0.2, 0.25) is 0 Å². The van der Waals surface area contributed by atoms with Gasteiger partial charge in [0.1, 0.15) is 5.75 Å². The molecule has 0 spiro atoms. The van der Waals surface area contributed by atoms with E-state index in [2.05, 4.69) is 18.8 Å². The highest BCUT2D eigenvalue weighted by Crippen LogP contribution is 2.16. The summed E-state index contributed by atoms with van der Waals surface area (Å²) in [5.74, 6) is 1.32. The Morgan fingerprint density at radius 2 is 2.29 bits per heavy atom. The van der Waals surface area contributed by atoms with Crippen LogP contribution in [0.25, 0.3) is 0 Å². The summed E-state index contributed by atoms with van der Waals surface area (Å²) < 4.78 is 5.52. The molecule has 78 valence electrons. The Labute approximate surface area is 84.7 Å². The van der Waals surface area contributed by atoms with Crippen molar-refractivity contribution < 1.29 is 9.84 Å². The molecule has 0 amide bonds. The van der Waals surface area contributed by atoms with Crippen LogP contribution in [0, 0.1) is 5.92 Å². The van der Waals surface area contributed by atoms with Crippen LogP contribution in [-0.4, -0.2) is 16.7 Å². The molecule has 0 atom stereocenters. The number of aliphatic hydroxyl groups excluding tert-OH is 1. The van der Waals surface area contributed by atoms with E-state index in [0.29, 0.717) is 18.3 Å². The third-order valence-electron chi connectivity index (χ3n) is 1.99. The summed E-state index contributed by atoms with van der Waals surface area (Å²) in [6.45, 7) is 4.98. The van der Waals surface area contributed by atoms with Crippen molar-refractivity contribution in [2.24, 2.45) is 5.92 Å². The molecule has 1 aromatic heterocycles. The lowest BCUT2D eigenvalue weighted by molar-refractivity contribution is 0.254. The van der Waals surface area contributed by atoms with E-state index in [1.165, 1.54) is 0 Å². The average Bonchev–Trinajstić information content (AvgIpc) is 2.18.